The second-order valence-electron chi connectivity index (χ2n) is 4.37. The second kappa shape index (κ2) is 7.13. The summed E-state index contributed by atoms with van der Waals surface area (Å²) < 4.78 is 7.73. The molecule has 1 saturated heterocycles. The summed E-state index contributed by atoms with van der Waals surface area (Å²) in [5.74, 6) is 0. The zero-order valence-corrected chi connectivity index (χ0v) is 11.7. The molecule has 0 amide bonds. The molecule has 0 aliphatic carbocycles. The van der Waals surface area contributed by atoms with Crippen LogP contribution in [0.4, 0.5) is 0 Å². The first kappa shape index (κ1) is 13.1. The van der Waals surface area contributed by atoms with Gasteiger partial charge in [0.1, 0.15) is 0 Å². The minimum atomic E-state index is 0.466. The predicted molar refractivity (Wildman–Crippen MR) is 71.4 cm³/mol. The van der Waals surface area contributed by atoms with Crippen LogP contribution in [0.5, 0.6) is 0 Å². The standard InChI is InChI=1S/C12H20BrN3O/c13-4-11-17-12-2-7-15(8-3-12)9-10-16-6-1-5-14-16/h1,5-6,12H,2-4,7-11H2. The summed E-state index contributed by atoms with van der Waals surface area (Å²) in [6, 6.07) is 1.97. The van der Waals surface area contributed by atoms with Crippen LogP contribution in [0.15, 0.2) is 18.5 Å². The Morgan fingerprint density at radius 1 is 1.29 bits per heavy atom. The molecule has 0 atom stereocenters. The zero-order chi connectivity index (χ0) is 11.9. The van der Waals surface area contributed by atoms with Crippen LogP contribution in [0.1, 0.15) is 12.8 Å². The molecule has 1 fully saturated rings. The maximum atomic E-state index is 5.74. The van der Waals surface area contributed by atoms with E-state index < -0.39 is 0 Å². The Bertz CT molecular complexity index is 297. The predicted octanol–water partition coefficient (Wildman–Crippen LogP) is 1.76. The van der Waals surface area contributed by atoms with E-state index in [0.29, 0.717) is 6.10 Å². The van der Waals surface area contributed by atoms with E-state index in [1.165, 1.54) is 0 Å². The van der Waals surface area contributed by atoms with Crippen molar-refractivity contribution in [3.63, 3.8) is 0 Å². The topological polar surface area (TPSA) is 30.3 Å². The normalized spacial score (nSPS) is 18.6. The molecule has 96 valence electrons. The molecule has 0 unspecified atom stereocenters. The van der Waals surface area contributed by atoms with Gasteiger partial charge in [-0.05, 0) is 18.9 Å². The summed E-state index contributed by atoms with van der Waals surface area (Å²) in [7, 11) is 0. The fraction of sp³-hybridized carbons (Fsp3) is 0.750. The molecule has 0 bridgehead atoms. The molecule has 1 aliphatic rings. The van der Waals surface area contributed by atoms with Crippen LogP contribution in [0, 0.1) is 0 Å². The number of hydrogen-bond donors (Lipinski definition) is 0. The number of nitrogens with zero attached hydrogens (tertiary/aromatic N) is 3. The van der Waals surface area contributed by atoms with Crippen molar-refractivity contribution >= 4 is 15.9 Å². The van der Waals surface area contributed by atoms with E-state index in [-0.39, 0.29) is 0 Å². The van der Waals surface area contributed by atoms with Crippen molar-refractivity contribution in [2.24, 2.45) is 0 Å². The molecule has 0 saturated carbocycles. The fourth-order valence-corrected chi connectivity index (χ4v) is 2.37. The summed E-state index contributed by atoms with van der Waals surface area (Å²) in [6.07, 6.45) is 6.64. The average molecular weight is 302 g/mol. The van der Waals surface area contributed by atoms with Gasteiger partial charge in [-0.15, -0.1) is 0 Å². The van der Waals surface area contributed by atoms with Crippen molar-refractivity contribution in [1.29, 1.82) is 0 Å². The molecule has 5 heteroatoms. The van der Waals surface area contributed by atoms with Gasteiger partial charge in [-0.1, -0.05) is 15.9 Å². The summed E-state index contributed by atoms with van der Waals surface area (Å²) >= 11 is 3.39. The lowest BCUT2D eigenvalue weighted by Gasteiger charge is -2.31. The molecule has 1 aromatic heterocycles. The number of likely N-dealkylation sites (tertiary alicyclic amines) is 1. The van der Waals surface area contributed by atoms with Crippen LogP contribution in [0.2, 0.25) is 0 Å². The number of alkyl halides is 1. The smallest absolute Gasteiger partial charge is 0.0599 e. The fourth-order valence-electron chi connectivity index (χ4n) is 2.19. The number of piperidine rings is 1. The Kier molecular flexibility index (Phi) is 5.48. The largest absolute Gasteiger partial charge is 0.377 e. The molecule has 0 N–H and O–H groups in total. The van der Waals surface area contributed by atoms with Crippen LogP contribution < -0.4 is 0 Å². The second-order valence-corrected chi connectivity index (χ2v) is 5.16. The van der Waals surface area contributed by atoms with Crippen LogP contribution in [0.3, 0.4) is 0 Å². The molecule has 0 spiro atoms. The van der Waals surface area contributed by atoms with Gasteiger partial charge in [-0.2, -0.15) is 5.10 Å². The Labute approximate surface area is 111 Å². The van der Waals surface area contributed by atoms with Crippen molar-refractivity contribution in [2.45, 2.75) is 25.5 Å². The Balaban J connectivity index is 1.62. The minimum Gasteiger partial charge on any atom is -0.377 e. The highest BCUT2D eigenvalue weighted by atomic mass is 79.9. The SMILES string of the molecule is BrCCOC1CCN(CCn2cccn2)CC1. The van der Waals surface area contributed by atoms with E-state index in [2.05, 4.69) is 25.9 Å². The molecule has 0 radical (unpaired) electrons. The highest BCUT2D eigenvalue weighted by Gasteiger charge is 2.18. The Hall–Kier alpha value is -0.390. The van der Waals surface area contributed by atoms with Gasteiger partial charge in [-0.25, -0.2) is 0 Å². The summed E-state index contributed by atoms with van der Waals surface area (Å²) in [6.45, 7) is 5.20. The van der Waals surface area contributed by atoms with E-state index >= 15 is 0 Å². The maximum Gasteiger partial charge on any atom is 0.0599 e. The Morgan fingerprint density at radius 3 is 2.76 bits per heavy atom. The third-order valence-electron chi connectivity index (χ3n) is 3.17. The van der Waals surface area contributed by atoms with Crippen molar-refractivity contribution in [3.05, 3.63) is 18.5 Å². The van der Waals surface area contributed by atoms with Gasteiger partial charge in [0.2, 0.25) is 0 Å². The van der Waals surface area contributed by atoms with Crippen molar-refractivity contribution < 1.29 is 4.74 Å². The first-order valence-electron chi connectivity index (χ1n) is 6.26. The van der Waals surface area contributed by atoms with Crippen LogP contribution in [0.25, 0.3) is 0 Å². The van der Waals surface area contributed by atoms with Crippen molar-refractivity contribution in [1.82, 2.24) is 14.7 Å². The minimum absolute atomic E-state index is 0.466. The lowest BCUT2D eigenvalue weighted by molar-refractivity contribution is 0.0151. The van der Waals surface area contributed by atoms with Crippen molar-refractivity contribution in [3.8, 4) is 0 Å². The molecule has 4 nitrogen and oxygen atoms in total. The number of ether oxygens (including phenoxy) is 1. The number of aromatic nitrogens is 2. The Morgan fingerprint density at radius 2 is 2.12 bits per heavy atom. The highest BCUT2D eigenvalue weighted by Crippen LogP contribution is 2.13. The molecule has 1 aliphatic heterocycles. The third-order valence-corrected chi connectivity index (χ3v) is 3.49. The third kappa shape index (κ3) is 4.41. The van der Waals surface area contributed by atoms with Gasteiger partial charge in [0.15, 0.2) is 0 Å². The van der Waals surface area contributed by atoms with E-state index in [1.807, 2.05) is 23.1 Å². The first-order valence-corrected chi connectivity index (χ1v) is 7.38. The van der Waals surface area contributed by atoms with Gasteiger partial charge in [0.25, 0.3) is 0 Å². The number of rotatable bonds is 6. The van der Waals surface area contributed by atoms with Gasteiger partial charge in [-0.3, -0.25) is 4.68 Å². The van der Waals surface area contributed by atoms with E-state index in [4.69, 9.17) is 4.74 Å². The molecule has 17 heavy (non-hydrogen) atoms. The van der Waals surface area contributed by atoms with Crippen molar-refractivity contribution in [2.75, 3.05) is 31.6 Å². The van der Waals surface area contributed by atoms with E-state index in [1.54, 1.807) is 0 Å². The number of halogens is 1. The van der Waals surface area contributed by atoms with Gasteiger partial charge >= 0.3 is 0 Å². The summed E-state index contributed by atoms with van der Waals surface area (Å²) in [4.78, 5) is 2.50. The first-order chi connectivity index (χ1) is 8.38. The monoisotopic (exact) mass is 301 g/mol. The van der Waals surface area contributed by atoms with E-state index in [9.17, 15) is 0 Å². The quantitative estimate of drug-likeness (QED) is 0.750. The lowest BCUT2D eigenvalue weighted by Crippen LogP contribution is -2.38. The summed E-state index contributed by atoms with van der Waals surface area (Å²) in [5.41, 5.74) is 0. The average Bonchev–Trinajstić information content (AvgIpc) is 2.88. The molecular formula is C12H20BrN3O. The van der Waals surface area contributed by atoms with Gasteiger partial charge < -0.3 is 9.64 Å². The lowest BCUT2D eigenvalue weighted by atomic mass is 10.1. The van der Waals surface area contributed by atoms with Crippen LogP contribution in [-0.4, -0.2) is 52.4 Å². The van der Waals surface area contributed by atoms with Gasteiger partial charge in [0.05, 0.1) is 19.3 Å². The molecule has 2 rings (SSSR count). The molecule has 1 aromatic rings. The van der Waals surface area contributed by atoms with Crippen LogP contribution in [-0.2, 0) is 11.3 Å². The zero-order valence-electron chi connectivity index (χ0n) is 10.1. The molecular weight excluding hydrogens is 282 g/mol. The molecule has 0 aromatic carbocycles. The maximum absolute atomic E-state index is 5.74. The van der Waals surface area contributed by atoms with Gasteiger partial charge in [0, 0.05) is 37.4 Å². The summed E-state index contributed by atoms with van der Waals surface area (Å²) in [5, 5.41) is 5.15. The number of hydrogen-bond acceptors (Lipinski definition) is 3. The highest BCUT2D eigenvalue weighted by molar-refractivity contribution is 9.09. The molecule has 2 heterocycles. The van der Waals surface area contributed by atoms with Crippen LogP contribution >= 0.6 is 15.9 Å². The van der Waals surface area contributed by atoms with E-state index in [0.717, 1.165) is 51.0 Å².